The Morgan fingerprint density at radius 2 is 2.24 bits per heavy atom. The number of anilines is 1. The first kappa shape index (κ1) is 19.8. The second kappa shape index (κ2) is 8.75. The Hall–Kier alpha value is -1.49. The van der Waals surface area contributed by atoms with Gasteiger partial charge < -0.3 is 10.2 Å². The summed E-state index contributed by atoms with van der Waals surface area (Å²) < 4.78 is 28.0. The highest BCUT2D eigenvalue weighted by molar-refractivity contribution is 7.89. The van der Waals surface area contributed by atoms with E-state index in [1.165, 1.54) is 0 Å². The zero-order chi connectivity index (χ0) is 18.4. The Morgan fingerprint density at radius 3 is 2.88 bits per heavy atom. The van der Waals surface area contributed by atoms with E-state index in [1.807, 2.05) is 6.19 Å². The third-order valence-electron chi connectivity index (χ3n) is 4.31. The van der Waals surface area contributed by atoms with Gasteiger partial charge in [-0.25, -0.2) is 13.1 Å². The Bertz CT molecular complexity index is 733. The molecule has 2 N–H and O–H groups in total. The van der Waals surface area contributed by atoms with Gasteiger partial charge in [-0.2, -0.15) is 5.26 Å². The predicted molar refractivity (Wildman–Crippen MR) is 99.9 cm³/mol. The summed E-state index contributed by atoms with van der Waals surface area (Å²) in [5, 5.41) is 12.4. The van der Waals surface area contributed by atoms with Crippen LogP contribution in [0.15, 0.2) is 23.1 Å². The van der Waals surface area contributed by atoms with E-state index >= 15 is 0 Å². The minimum atomic E-state index is -3.74. The third kappa shape index (κ3) is 5.50. The van der Waals surface area contributed by atoms with Crippen LogP contribution in [-0.2, 0) is 10.0 Å². The van der Waals surface area contributed by atoms with Crippen molar-refractivity contribution in [3.63, 3.8) is 0 Å². The van der Waals surface area contributed by atoms with E-state index in [2.05, 4.69) is 23.9 Å². The average Bonchev–Trinajstić information content (AvgIpc) is 3.01. The number of halogens is 1. The van der Waals surface area contributed by atoms with Gasteiger partial charge in [0.1, 0.15) is 4.90 Å². The van der Waals surface area contributed by atoms with Crippen molar-refractivity contribution in [3.8, 4) is 6.19 Å². The van der Waals surface area contributed by atoms with Crippen molar-refractivity contribution >= 4 is 27.3 Å². The van der Waals surface area contributed by atoms with Crippen LogP contribution in [0.1, 0.15) is 33.1 Å². The van der Waals surface area contributed by atoms with Crippen LogP contribution in [0.2, 0.25) is 5.02 Å². The lowest BCUT2D eigenvalue weighted by atomic mass is 10.1. The largest absolute Gasteiger partial charge is 0.385 e. The van der Waals surface area contributed by atoms with Crippen LogP contribution in [0.4, 0.5) is 5.69 Å². The number of rotatable bonds is 8. The highest BCUT2D eigenvalue weighted by Crippen LogP contribution is 2.26. The smallest absolute Gasteiger partial charge is 0.242 e. The highest BCUT2D eigenvalue weighted by atomic mass is 35.5. The number of sulfonamides is 1. The molecule has 0 radical (unpaired) electrons. The molecule has 0 aliphatic carbocycles. The van der Waals surface area contributed by atoms with Crippen LogP contribution in [-0.4, -0.2) is 39.0 Å². The lowest BCUT2D eigenvalue weighted by Gasteiger charge is -2.16. The van der Waals surface area contributed by atoms with Crippen molar-refractivity contribution < 1.29 is 8.42 Å². The normalized spacial score (nSPS) is 18.8. The van der Waals surface area contributed by atoms with Crippen molar-refractivity contribution in [2.24, 2.45) is 5.92 Å². The summed E-state index contributed by atoms with van der Waals surface area (Å²) in [7, 11) is -3.74. The van der Waals surface area contributed by atoms with Crippen LogP contribution in [0.5, 0.6) is 0 Å². The molecule has 25 heavy (non-hydrogen) atoms. The van der Waals surface area contributed by atoms with E-state index in [4.69, 9.17) is 16.9 Å². The van der Waals surface area contributed by atoms with Crippen molar-refractivity contribution in [1.29, 1.82) is 5.26 Å². The van der Waals surface area contributed by atoms with Crippen molar-refractivity contribution in [1.82, 2.24) is 9.62 Å². The number of nitriles is 1. The van der Waals surface area contributed by atoms with Crippen LogP contribution >= 0.6 is 11.6 Å². The Balaban J connectivity index is 2.09. The Kier molecular flexibility index (Phi) is 6.94. The maximum Gasteiger partial charge on any atom is 0.242 e. The monoisotopic (exact) mass is 384 g/mol. The molecular formula is C17H25ClN4O2S. The Labute approximate surface area is 155 Å². The summed E-state index contributed by atoms with van der Waals surface area (Å²) in [6, 6.07) is 4.67. The van der Waals surface area contributed by atoms with Gasteiger partial charge in [0.25, 0.3) is 0 Å². The van der Waals surface area contributed by atoms with Gasteiger partial charge in [0.15, 0.2) is 6.19 Å². The summed E-state index contributed by atoms with van der Waals surface area (Å²) in [6.45, 7) is 6.04. The van der Waals surface area contributed by atoms with Crippen LogP contribution in [0.25, 0.3) is 0 Å². The molecule has 0 amide bonds. The van der Waals surface area contributed by atoms with Gasteiger partial charge in [0.2, 0.25) is 10.0 Å². The fourth-order valence-electron chi connectivity index (χ4n) is 2.94. The molecule has 1 heterocycles. The molecule has 1 unspecified atom stereocenters. The zero-order valence-electron chi connectivity index (χ0n) is 14.6. The first-order valence-electron chi connectivity index (χ1n) is 8.56. The number of hydrogen-bond donors (Lipinski definition) is 2. The number of hydrogen-bond acceptors (Lipinski definition) is 5. The minimum Gasteiger partial charge on any atom is -0.385 e. The van der Waals surface area contributed by atoms with E-state index in [0.29, 0.717) is 25.4 Å². The molecule has 1 aromatic carbocycles. The topological polar surface area (TPSA) is 85.2 Å². The summed E-state index contributed by atoms with van der Waals surface area (Å²) in [5.74, 6) is 0.509. The van der Waals surface area contributed by atoms with E-state index in [1.54, 1.807) is 23.1 Å². The van der Waals surface area contributed by atoms with Gasteiger partial charge in [-0.05, 0) is 37.0 Å². The molecular weight excluding hydrogens is 360 g/mol. The van der Waals surface area contributed by atoms with Crippen LogP contribution in [0.3, 0.4) is 0 Å². The van der Waals surface area contributed by atoms with Gasteiger partial charge in [0, 0.05) is 31.4 Å². The molecule has 138 valence electrons. The van der Waals surface area contributed by atoms with Gasteiger partial charge in [0.05, 0.1) is 5.02 Å². The number of nitrogens with zero attached hydrogens (tertiary/aromatic N) is 2. The number of likely N-dealkylation sites (tertiary alicyclic amines) is 1. The van der Waals surface area contributed by atoms with E-state index in [0.717, 1.165) is 25.1 Å². The first-order valence-corrected chi connectivity index (χ1v) is 10.4. The molecule has 0 saturated carbocycles. The summed E-state index contributed by atoms with van der Waals surface area (Å²) in [4.78, 5) is 1.61. The second-order valence-corrected chi connectivity index (χ2v) is 8.66. The van der Waals surface area contributed by atoms with Crippen LogP contribution in [0, 0.1) is 17.4 Å². The van der Waals surface area contributed by atoms with E-state index in [9.17, 15) is 8.42 Å². The highest BCUT2D eigenvalue weighted by Gasteiger charge is 2.28. The summed E-state index contributed by atoms with van der Waals surface area (Å²) in [6.07, 6.45) is 4.88. The fourth-order valence-corrected chi connectivity index (χ4v) is 4.72. The maximum atomic E-state index is 12.7. The summed E-state index contributed by atoms with van der Waals surface area (Å²) in [5.41, 5.74) is 0.734. The molecule has 1 aromatic rings. The number of nitrogens with one attached hydrogen (secondary N) is 2. The first-order chi connectivity index (χ1) is 11.9. The van der Waals surface area contributed by atoms with Gasteiger partial charge in [-0.1, -0.05) is 31.9 Å². The van der Waals surface area contributed by atoms with Crippen molar-refractivity contribution in [2.45, 2.75) is 44.0 Å². The molecule has 1 aliphatic rings. The summed E-state index contributed by atoms with van der Waals surface area (Å²) >= 11 is 6.12. The van der Waals surface area contributed by atoms with Crippen LogP contribution < -0.4 is 10.0 Å². The zero-order valence-corrected chi connectivity index (χ0v) is 16.2. The van der Waals surface area contributed by atoms with Crippen molar-refractivity contribution in [2.75, 3.05) is 25.0 Å². The minimum absolute atomic E-state index is 0.0673. The molecule has 1 aliphatic heterocycles. The fraction of sp³-hybridized carbons (Fsp3) is 0.588. The van der Waals surface area contributed by atoms with E-state index in [-0.39, 0.29) is 16.0 Å². The Morgan fingerprint density at radius 1 is 1.48 bits per heavy atom. The lowest BCUT2D eigenvalue weighted by molar-refractivity contribution is 0.470. The lowest BCUT2D eigenvalue weighted by Crippen LogP contribution is -2.36. The SMILES string of the molecule is CCCC(C)CNc1ccc(Cl)c(S(=O)(=O)N[C@@H]2CCN(C#N)C2)c1. The van der Waals surface area contributed by atoms with Gasteiger partial charge >= 0.3 is 0 Å². The molecule has 6 nitrogen and oxygen atoms in total. The van der Waals surface area contributed by atoms with E-state index < -0.39 is 10.0 Å². The molecule has 1 fully saturated rings. The molecule has 2 rings (SSSR count). The molecule has 1 saturated heterocycles. The molecule has 0 bridgehead atoms. The second-order valence-electron chi connectivity index (χ2n) is 6.57. The van der Waals surface area contributed by atoms with Crippen molar-refractivity contribution in [3.05, 3.63) is 23.2 Å². The molecule has 0 spiro atoms. The van der Waals surface area contributed by atoms with Gasteiger partial charge in [-0.3, -0.25) is 0 Å². The predicted octanol–water partition coefficient (Wildman–Crippen LogP) is 3.02. The standard InChI is InChI=1S/C17H25ClN4O2S/c1-3-4-13(2)10-20-14-5-6-16(18)17(9-14)25(23,24)21-15-7-8-22(11-15)12-19/h5-6,9,13,15,20-21H,3-4,7-8,10-11H2,1-2H3/t13?,15-/m1/s1. The maximum absolute atomic E-state index is 12.7. The third-order valence-corrected chi connectivity index (χ3v) is 6.31. The molecule has 8 heteroatoms. The molecule has 2 atom stereocenters. The molecule has 0 aromatic heterocycles. The number of benzene rings is 1. The van der Waals surface area contributed by atoms with Gasteiger partial charge in [-0.15, -0.1) is 0 Å². The quantitative estimate of drug-likeness (QED) is 0.673. The average molecular weight is 385 g/mol.